The van der Waals surface area contributed by atoms with E-state index in [0.29, 0.717) is 40.4 Å². The molecule has 5 aromatic rings. The topological polar surface area (TPSA) is 106 Å². The highest BCUT2D eigenvalue weighted by Crippen LogP contribution is 2.26. The number of methoxy groups -OCH3 is 1. The lowest BCUT2D eigenvalue weighted by Gasteiger charge is -2.18. The van der Waals surface area contributed by atoms with Crippen LogP contribution in [0.3, 0.4) is 0 Å². The fourth-order valence-corrected chi connectivity index (χ4v) is 4.76. The SMILES string of the molecule is COc1ccc(C(=O)[C@H](COc2ccc(C(=O)Nc3ccccc3N)c(C)c2)Cc2c[nH]c3ccccc23)cc1. The number of nitrogens with two attached hydrogens (primary N) is 1. The normalized spacial score (nSPS) is 11.7. The summed E-state index contributed by atoms with van der Waals surface area (Å²) in [5.41, 5.74) is 11.0. The highest BCUT2D eigenvalue weighted by Gasteiger charge is 2.23. The molecule has 40 heavy (non-hydrogen) atoms. The average molecular weight is 534 g/mol. The zero-order valence-electron chi connectivity index (χ0n) is 22.4. The Labute approximate surface area is 232 Å². The van der Waals surface area contributed by atoms with Gasteiger partial charge in [0.1, 0.15) is 11.5 Å². The number of aryl methyl sites for hydroxylation is 1. The van der Waals surface area contributed by atoms with Crippen molar-refractivity contribution in [1.82, 2.24) is 4.98 Å². The molecule has 0 radical (unpaired) electrons. The molecule has 0 unspecified atom stereocenters. The Morgan fingerprint density at radius 2 is 1.65 bits per heavy atom. The van der Waals surface area contributed by atoms with Crippen molar-refractivity contribution in [2.24, 2.45) is 5.92 Å². The van der Waals surface area contributed by atoms with Crippen LogP contribution in [0.5, 0.6) is 11.5 Å². The lowest BCUT2D eigenvalue weighted by Crippen LogP contribution is -2.24. The van der Waals surface area contributed by atoms with E-state index in [0.717, 1.165) is 22.0 Å². The van der Waals surface area contributed by atoms with Gasteiger partial charge < -0.3 is 25.5 Å². The zero-order chi connectivity index (χ0) is 28.1. The van der Waals surface area contributed by atoms with E-state index in [2.05, 4.69) is 10.3 Å². The second-order valence-electron chi connectivity index (χ2n) is 9.68. The van der Waals surface area contributed by atoms with E-state index < -0.39 is 5.92 Å². The Kier molecular flexibility index (Phi) is 7.82. The summed E-state index contributed by atoms with van der Waals surface area (Å²) in [5, 5.41) is 3.94. The molecule has 0 spiro atoms. The van der Waals surface area contributed by atoms with Crippen molar-refractivity contribution in [3.05, 3.63) is 119 Å². The molecule has 1 heterocycles. The number of benzene rings is 4. The van der Waals surface area contributed by atoms with Crippen molar-refractivity contribution in [2.75, 3.05) is 24.8 Å². The van der Waals surface area contributed by atoms with Crippen LogP contribution in [-0.2, 0) is 6.42 Å². The summed E-state index contributed by atoms with van der Waals surface area (Å²) in [5.74, 6) is 0.571. The van der Waals surface area contributed by atoms with Crippen LogP contribution in [-0.4, -0.2) is 30.4 Å². The predicted octanol–water partition coefficient (Wildman–Crippen LogP) is 6.44. The van der Waals surface area contributed by atoms with Gasteiger partial charge in [-0.2, -0.15) is 0 Å². The number of aromatic amines is 1. The van der Waals surface area contributed by atoms with Crippen molar-refractivity contribution < 1.29 is 19.1 Å². The number of hydrogen-bond acceptors (Lipinski definition) is 5. The number of hydrogen-bond donors (Lipinski definition) is 3. The van der Waals surface area contributed by atoms with Crippen molar-refractivity contribution in [2.45, 2.75) is 13.3 Å². The van der Waals surface area contributed by atoms with Gasteiger partial charge >= 0.3 is 0 Å². The Hall–Kier alpha value is -5.04. The maximum Gasteiger partial charge on any atom is 0.255 e. The number of rotatable bonds is 10. The third-order valence-electron chi connectivity index (χ3n) is 6.99. The number of carbonyl (C=O) groups is 2. The number of anilines is 2. The van der Waals surface area contributed by atoms with Crippen molar-refractivity contribution in [3.8, 4) is 11.5 Å². The van der Waals surface area contributed by atoms with E-state index >= 15 is 0 Å². The summed E-state index contributed by atoms with van der Waals surface area (Å²) in [7, 11) is 1.60. The van der Waals surface area contributed by atoms with Gasteiger partial charge in [-0.25, -0.2) is 0 Å². The standard InChI is InChI=1S/C33H31N3O4/c1-21-17-26(15-16-27(21)33(38)36-31-10-6-4-8-29(31)34)40-20-24(32(37)22-11-13-25(39-2)14-12-22)18-23-19-35-30-9-5-3-7-28(23)30/h3-17,19,24,35H,18,20,34H2,1-2H3,(H,36,38)/t24-/m0/s1. The second kappa shape index (κ2) is 11.8. The van der Waals surface area contributed by atoms with Gasteiger partial charge in [0.05, 0.1) is 31.0 Å². The van der Waals surface area contributed by atoms with E-state index in [1.165, 1.54) is 0 Å². The predicted molar refractivity (Wildman–Crippen MR) is 158 cm³/mol. The van der Waals surface area contributed by atoms with Crippen LogP contribution < -0.4 is 20.5 Å². The van der Waals surface area contributed by atoms with Gasteiger partial charge in [0.2, 0.25) is 0 Å². The molecular weight excluding hydrogens is 502 g/mol. The number of carbonyl (C=O) groups excluding carboxylic acids is 2. The summed E-state index contributed by atoms with van der Waals surface area (Å²) in [4.78, 5) is 29.8. The van der Waals surface area contributed by atoms with E-state index in [9.17, 15) is 9.59 Å². The number of H-pyrrole nitrogens is 1. The van der Waals surface area contributed by atoms with Crippen LogP contribution in [0.4, 0.5) is 11.4 Å². The minimum absolute atomic E-state index is 0.0129. The number of nitrogens with one attached hydrogen (secondary N) is 2. The number of Topliss-reactive ketones (excluding diaryl/α,β-unsaturated/α-hetero) is 1. The van der Waals surface area contributed by atoms with Crippen LogP contribution >= 0.6 is 0 Å². The summed E-state index contributed by atoms with van der Waals surface area (Å²) in [6, 6.07) is 27.6. The van der Waals surface area contributed by atoms with Crippen molar-refractivity contribution in [1.29, 1.82) is 0 Å². The van der Waals surface area contributed by atoms with E-state index in [-0.39, 0.29) is 18.3 Å². The Morgan fingerprint density at radius 1 is 0.925 bits per heavy atom. The molecule has 0 fully saturated rings. The first kappa shape index (κ1) is 26.6. The Bertz CT molecular complexity index is 1660. The van der Waals surface area contributed by atoms with Gasteiger partial charge in [-0.3, -0.25) is 9.59 Å². The highest BCUT2D eigenvalue weighted by molar-refractivity contribution is 6.06. The molecule has 5 rings (SSSR count). The minimum atomic E-state index is -0.433. The van der Waals surface area contributed by atoms with Crippen molar-refractivity contribution in [3.63, 3.8) is 0 Å². The first-order chi connectivity index (χ1) is 19.4. The van der Waals surface area contributed by atoms with Crippen molar-refractivity contribution >= 4 is 34.0 Å². The van der Waals surface area contributed by atoms with Crippen LogP contribution in [0, 0.1) is 12.8 Å². The first-order valence-corrected chi connectivity index (χ1v) is 13.1. The molecule has 0 aliphatic heterocycles. The molecule has 4 aromatic carbocycles. The van der Waals surface area contributed by atoms with Gasteiger partial charge in [0.15, 0.2) is 5.78 Å². The summed E-state index contributed by atoms with van der Waals surface area (Å²) in [6.45, 7) is 2.03. The molecule has 1 amide bonds. The molecular formula is C33H31N3O4. The van der Waals surface area contributed by atoms with E-state index in [1.54, 1.807) is 55.6 Å². The van der Waals surface area contributed by atoms with Gasteiger partial charge in [-0.05, 0) is 85.1 Å². The number of ketones is 1. The quantitative estimate of drug-likeness (QED) is 0.141. The summed E-state index contributed by atoms with van der Waals surface area (Å²) >= 11 is 0. The Morgan fingerprint density at radius 3 is 2.40 bits per heavy atom. The number of para-hydroxylation sites is 3. The molecule has 7 heteroatoms. The number of aromatic nitrogens is 1. The van der Waals surface area contributed by atoms with Crippen LogP contribution in [0.15, 0.2) is 97.2 Å². The molecule has 0 aliphatic rings. The second-order valence-corrected chi connectivity index (χ2v) is 9.68. The summed E-state index contributed by atoms with van der Waals surface area (Å²) in [6.07, 6.45) is 2.46. The molecule has 0 bridgehead atoms. The van der Waals surface area contributed by atoms with Crippen LogP contribution in [0.25, 0.3) is 10.9 Å². The smallest absolute Gasteiger partial charge is 0.255 e. The minimum Gasteiger partial charge on any atom is -0.497 e. The zero-order valence-corrected chi connectivity index (χ0v) is 22.4. The monoisotopic (exact) mass is 533 g/mol. The van der Waals surface area contributed by atoms with Gasteiger partial charge in [-0.1, -0.05) is 30.3 Å². The fourth-order valence-electron chi connectivity index (χ4n) is 4.76. The maximum atomic E-state index is 13.6. The number of fused-ring (bicyclic) bond motifs is 1. The average Bonchev–Trinajstić information content (AvgIpc) is 3.38. The van der Waals surface area contributed by atoms with Gasteiger partial charge in [0.25, 0.3) is 5.91 Å². The van der Waals surface area contributed by atoms with E-state index in [1.807, 2.05) is 55.6 Å². The number of ether oxygens (including phenoxy) is 2. The molecule has 1 aromatic heterocycles. The molecule has 202 valence electrons. The summed E-state index contributed by atoms with van der Waals surface area (Å²) < 4.78 is 11.4. The van der Waals surface area contributed by atoms with Crippen LogP contribution in [0.1, 0.15) is 31.8 Å². The lowest BCUT2D eigenvalue weighted by atomic mass is 9.91. The first-order valence-electron chi connectivity index (χ1n) is 13.1. The highest BCUT2D eigenvalue weighted by atomic mass is 16.5. The number of amides is 1. The van der Waals surface area contributed by atoms with Crippen LogP contribution in [0.2, 0.25) is 0 Å². The van der Waals surface area contributed by atoms with Gasteiger partial charge in [0, 0.05) is 28.2 Å². The maximum absolute atomic E-state index is 13.6. The fraction of sp³-hybridized carbons (Fsp3) is 0.152. The Balaban J connectivity index is 1.34. The molecule has 7 nitrogen and oxygen atoms in total. The number of nitrogen functional groups attached to an aromatic ring is 1. The third kappa shape index (κ3) is 5.83. The molecule has 0 saturated heterocycles. The third-order valence-corrected chi connectivity index (χ3v) is 6.99. The van der Waals surface area contributed by atoms with E-state index in [4.69, 9.17) is 15.2 Å². The molecule has 1 atom stereocenters. The molecule has 0 aliphatic carbocycles. The largest absolute Gasteiger partial charge is 0.497 e. The molecule has 4 N–H and O–H groups in total. The van der Waals surface area contributed by atoms with Gasteiger partial charge in [-0.15, -0.1) is 0 Å². The molecule has 0 saturated carbocycles. The lowest BCUT2D eigenvalue weighted by molar-refractivity contribution is 0.0873.